The highest BCUT2D eigenvalue weighted by Gasteiger charge is 2.21. The van der Waals surface area contributed by atoms with Crippen LogP contribution in [0.2, 0.25) is 0 Å². The second-order valence-electron chi connectivity index (χ2n) is 25.1. The van der Waals surface area contributed by atoms with Crippen LogP contribution in [0.4, 0.5) is 0 Å². The molecule has 0 fully saturated rings. The number of pyridine rings is 6. The molecule has 6 aromatic carbocycles. The normalized spacial score (nSPS) is 11.0. The van der Waals surface area contributed by atoms with Gasteiger partial charge in [-0.25, -0.2) is 27.4 Å². The van der Waals surface area contributed by atoms with E-state index < -0.39 is 13.7 Å². The number of aromatic nitrogens is 6. The van der Waals surface area contributed by atoms with Crippen LogP contribution < -0.4 is 27.4 Å². The van der Waals surface area contributed by atoms with E-state index in [9.17, 15) is 0 Å². The van der Waals surface area contributed by atoms with Gasteiger partial charge in [0.25, 0.3) is 0 Å². The molecule has 0 aliphatic heterocycles. The Hall–Kier alpha value is -9.78. The lowest BCUT2D eigenvalue weighted by Crippen LogP contribution is -2.33. The number of hydrogen-bond acceptors (Lipinski definition) is 0. The third-order valence-corrected chi connectivity index (χ3v) is 17.9. The minimum absolute atomic E-state index is 0. The molecule has 0 radical (unpaired) electrons. The SMILES string of the molecule is C.C.C.C.C.C.Cc1cc[n+](C)c(-c2ccccc2C)c1.Cc1ccccc1-c1c(C)c(C)c(C)c[n+]1C.Cc1ccccc1-c1c(C)c(C)cc[n+]1C.Cc1ccccc1-c1c(C)ccc[n+]1C.[2H]C([2H])([2H])c1c[n+](C)c(-c2ccccc2C)cc1C.[2H]C([2H])([2H])c1ccc(-c2ccccc2C)[n+](C)c1. The van der Waals surface area contributed by atoms with E-state index in [0.717, 1.165) is 28.1 Å². The van der Waals surface area contributed by atoms with Crippen LogP contribution in [0.15, 0.2) is 231 Å². The summed E-state index contributed by atoms with van der Waals surface area (Å²) in [7, 11) is 12.2. The first-order valence-corrected chi connectivity index (χ1v) is 32.4. The fourth-order valence-electron chi connectivity index (χ4n) is 11.9. The Labute approximate surface area is 617 Å². The monoisotopic (exact) mass is 1350 g/mol. The van der Waals surface area contributed by atoms with E-state index in [1.54, 1.807) is 18.5 Å². The van der Waals surface area contributed by atoms with Crippen LogP contribution in [0, 0.1) is 111 Å². The van der Waals surface area contributed by atoms with Gasteiger partial charge in [0, 0.05) is 111 Å². The lowest BCUT2D eigenvalue weighted by Gasteiger charge is -2.10. The predicted molar refractivity (Wildman–Crippen MR) is 435 cm³/mol. The van der Waals surface area contributed by atoms with Crippen LogP contribution in [0.25, 0.3) is 67.5 Å². The molecule has 6 nitrogen and oxygen atoms in total. The van der Waals surface area contributed by atoms with Crippen LogP contribution in [0.1, 0.15) is 142 Å². The number of nitrogens with zero attached hydrogens (tertiary/aromatic N) is 6. The van der Waals surface area contributed by atoms with E-state index in [1.165, 1.54) is 117 Å². The molecular formula is C94H128N6+6. The summed E-state index contributed by atoms with van der Waals surface area (Å²) in [6.45, 7) is 25.7. The zero-order chi connectivity index (χ0) is 73.5. The fraction of sp³-hybridized carbons (Fsp3) is 0.298. The van der Waals surface area contributed by atoms with Gasteiger partial charge in [0.15, 0.2) is 37.2 Å². The minimum Gasteiger partial charge on any atom is -0.201 e. The van der Waals surface area contributed by atoms with Crippen molar-refractivity contribution in [3.05, 3.63) is 320 Å². The molecule has 528 valence electrons. The van der Waals surface area contributed by atoms with Crippen LogP contribution in [-0.4, -0.2) is 0 Å². The molecule has 0 N–H and O–H groups in total. The van der Waals surface area contributed by atoms with Crippen molar-refractivity contribution in [1.82, 2.24) is 0 Å². The number of rotatable bonds is 6. The summed E-state index contributed by atoms with van der Waals surface area (Å²) >= 11 is 0. The summed E-state index contributed by atoms with van der Waals surface area (Å²) in [5.74, 6) is 0. The van der Waals surface area contributed by atoms with E-state index in [4.69, 9.17) is 8.22 Å². The Kier molecular flexibility index (Phi) is 31.8. The molecule has 0 aliphatic rings. The summed E-state index contributed by atoms with van der Waals surface area (Å²) < 4.78 is 57.4. The minimum atomic E-state index is -2.06. The van der Waals surface area contributed by atoms with E-state index >= 15 is 0 Å². The van der Waals surface area contributed by atoms with Crippen molar-refractivity contribution in [2.75, 3.05) is 0 Å². The summed E-state index contributed by atoms with van der Waals surface area (Å²) in [6.07, 6.45) is 11.9. The van der Waals surface area contributed by atoms with Crippen molar-refractivity contribution in [1.29, 1.82) is 0 Å². The van der Waals surface area contributed by atoms with E-state index in [2.05, 4.69) is 294 Å². The lowest BCUT2D eigenvalue weighted by molar-refractivity contribution is -0.661. The highest BCUT2D eigenvalue weighted by molar-refractivity contribution is 5.68. The summed E-state index contributed by atoms with van der Waals surface area (Å²) in [5, 5.41) is 0. The molecule has 12 aromatic rings. The zero-order valence-corrected chi connectivity index (χ0v) is 59.6. The average Bonchev–Trinajstić information content (AvgIpc) is 0.814. The average molecular weight is 1350 g/mol. The van der Waals surface area contributed by atoms with Crippen molar-refractivity contribution in [2.24, 2.45) is 42.3 Å². The molecule has 0 amide bonds. The van der Waals surface area contributed by atoms with Crippen LogP contribution in [0.5, 0.6) is 0 Å². The largest absolute Gasteiger partial charge is 0.215 e. The quantitative estimate of drug-likeness (QED) is 0.148. The molecule has 6 heteroatoms. The molecule has 12 rings (SSSR count). The Morgan fingerprint density at radius 2 is 0.590 bits per heavy atom. The molecule has 0 aliphatic carbocycles. The third kappa shape index (κ3) is 22.4. The molecule has 0 unspecified atom stereocenters. The Morgan fingerprint density at radius 3 is 1.02 bits per heavy atom. The van der Waals surface area contributed by atoms with Crippen LogP contribution in [0.3, 0.4) is 0 Å². The van der Waals surface area contributed by atoms with Gasteiger partial charge in [0.05, 0.1) is 0 Å². The summed E-state index contributed by atoms with van der Waals surface area (Å²) in [6, 6.07) is 66.5. The number of aryl methyl sites for hydroxylation is 19. The third-order valence-electron chi connectivity index (χ3n) is 17.9. The number of benzene rings is 6. The maximum absolute atomic E-state index is 7.55. The van der Waals surface area contributed by atoms with Crippen molar-refractivity contribution >= 4 is 0 Å². The van der Waals surface area contributed by atoms with E-state index in [1.807, 2.05) is 85.6 Å². The second kappa shape index (κ2) is 40.9. The second-order valence-corrected chi connectivity index (χ2v) is 25.1. The smallest absolute Gasteiger partial charge is 0.201 e. The molecule has 0 saturated heterocycles. The van der Waals surface area contributed by atoms with Gasteiger partial charge in [-0.3, -0.25) is 0 Å². The van der Waals surface area contributed by atoms with Crippen molar-refractivity contribution in [2.45, 2.75) is 155 Å². The molecule has 6 heterocycles. The standard InChI is InChI=1S/C16H20N.2C15H18N.3C14H16N.6CH4/c1-11-8-6-7-9-15(11)16-14(4)13(3)12(2)10-17(16)5;1-11-7-5-6-8-14(11)15-9-12(2)13(3)10-16(15)4;1-11-9-10-16(4)15(13(11)3)14-8-6-5-7-12(14)2;1-11-7-4-5-9-13(11)14-12(2)8-6-10-15(14)3;1-11-8-9-15(3)14(10-11)13-7-5-4-6-12(13)2;1-11-8-9-14(15(3)10-11)13-7-5-4-6-12(13)2;;;;;;/h6-10H,1-5H3;2*5-10H,1-4H3;3*4-10H,1-3H3;6*1H4/q6*+1;;;;;;/i;3D3;;;;1D3;;;;;;. The molecule has 100 heavy (non-hydrogen) atoms. The highest BCUT2D eigenvalue weighted by Crippen LogP contribution is 2.29. The van der Waals surface area contributed by atoms with Crippen molar-refractivity contribution in [3.63, 3.8) is 0 Å². The van der Waals surface area contributed by atoms with Gasteiger partial charge in [-0.05, 0) is 215 Å². The van der Waals surface area contributed by atoms with Gasteiger partial charge >= 0.3 is 0 Å². The van der Waals surface area contributed by atoms with E-state index in [0.29, 0.717) is 11.1 Å². The van der Waals surface area contributed by atoms with Gasteiger partial charge < -0.3 is 0 Å². The molecular weight excluding hydrogens is 1210 g/mol. The van der Waals surface area contributed by atoms with Crippen LogP contribution >= 0.6 is 0 Å². The van der Waals surface area contributed by atoms with Crippen LogP contribution in [-0.2, 0) is 42.3 Å². The van der Waals surface area contributed by atoms with E-state index in [-0.39, 0.29) is 44.6 Å². The molecule has 6 aromatic heterocycles. The summed E-state index contributed by atoms with van der Waals surface area (Å²) in [4.78, 5) is 0. The van der Waals surface area contributed by atoms with Gasteiger partial charge in [-0.2, -0.15) is 0 Å². The first-order valence-electron chi connectivity index (χ1n) is 35.4. The lowest BCUT2D eigenvalue weighted by atomic mass is 9.97. The fourth-order valence-corrected chi connectivity index (χ4v) is 11.9. The van der Waals surface area contributed by atoms with Gasteiger partial charge in [-0.15, -0.1) is 0 Å². The van der Waals surface area contributed by atoms with Crippen molar-refractivity contribution < 1.29 is 35.6 Å². The maximum atomic E-state index is 7.55. The molecule has 0 bridgehead atoms. The first kappa shape index (κ1) is 77.6. The molecule has 0 spiro atoms. The predicted octanol–water partition coefficient (Wildman–Crippen LogP) is 21.8. The Bertz CT molecular complexity index is 4810. The first-order chi connectivity index (χ1) is 47.2. The Morgan fingerprint density at radius 1 is 0.220 bits per heavy atom. The maximum Gasteiger partial charge on any atom is 0.215 e. The molecule has 0 atom stereocenters. The highest BCUT2D eigenvalue weighted by atomic mass is 14.9. The van der Waals surface area contributed by atoms with Crippen molar-refractivity contribution in [3.8, 4) is 67.5 Å². The van der Waals surface area contributed by atoms with Gasteiger partial charge in [-0.1, -0.05) is 154 Å². The zero-order valence-electron chi connectivity index (χ0n) is 65.6. The summed E-state index contributed by atoms with van der Waals surface area (Å²) in [5.41, 5.74) is 33.5. The topological polar surface area (TPSA) is 23.3 Å². The van der Waals surface area contributed by atoms with Gasteiger partial charge in [0.2, 0.25) is 34.2 Å². The number of hydrogen-bond donors (Lipinski definition) is 0. The molecule has 0 saturated carbocycles. The van der Waals surface area contributed by atoms with Gasteiger partial charge in [0.1, 0.15) is 42.3 Å². The Balaban J connectivity index is 0.000000630.